The van der Waals surface area contributed by atoms with Gasteiger partial charge >= 0.3 is 0 Å². The van der Waals surface area contributed by atoms with Gasteiger partial charge in [-0.2, -0.15) is 0 Å². The van der Waals surface area contributed by atoms with Crippen LogP contribution in [0.1, 0.15) is 37.0 Å². The van der Waals surface area contributed by atoms with Gasteiger partial charge in [-0.3, -0.25) is 9.78 Å². The second-order valence-electron chi connectivity index (χ2n) is 8.17. The molecular formula is C29H32N2O5. The zero-order valence-corrected chi connectivity index (χ0v) is 21.2. The minimum atomic E-state index is -0.101. The number of ether oxygens (including phenoxy) is 4. The topological polar surface area (TPSA) is 78.9 Å². The van der Waals surface area contributed by atoms with Gasteiger partial charge in [0, 0.05) is 36.4 Å². The minimum absolute atomic E-state index is 0.101. The van der Waals surface area contributed by atoms with Crippen LogP contribution >= 0.6 is 0 Å². The number of hydrogen-bond acceptors (Lipinski definition) is 6. The number of hydrogen-bond donors (Lipinski definition) is 1. The maximum atomic E-state index is 12.8. The standard InChI is InChI=1S/C27H26N2O5.C2H6/c1-31-25-14-22-23(15-26(25)32-2)28-11-10-24(22)34-18-8-9-20-17(13-18)5-3-7-21(20)27(30)29-16-19-6-4-12-33-19;1-2/h3,5,7-11,13-15,19H,4,6,12,16H2,1-2H3,(H,29,30);1-2H3/t19-;/m1./s1. The summed E-state index contributed by atoms with van der Waals surface area (Å²) in [5, 5.41) is 5.59. The van der Waals surface area contributed by atoms with Crippen molar-refractivity contribution in [1.29, 1.82) is 0 Å². The molecule has 7 heteroatoms. The Morgan fingerprint density at radius 3 is 2.56 bits per heavy atom. The molecular weight excluding hydrogens is 456 g/mol. The molecule has 1 aliphatic rings. The lowest BCUT2D eigenvalue weighted by atomic mass is 10.0. The molecule has 0 saturated carbocycles. The van der Waals surface area contributed by atoms with Crippen LogP contribution in [0.15, 0.2) is 60.8 Å². The Bertz CT molecular complexity index is 1350. The number of nitrogens with zero attached hydrogens (tertiary/aromatic N) is 1. The molecule has 1 aromatic heterocycles. The summed E-state index contributed by atoms with van der Waals surface area (Å²) in [5.74, 6) is 2.42. The van der Waals surface area contributed by atoms with Crippen molar-refractivity contribution in [2.75, 3.05) is 27.4 Å². The third-order valence-corrected chi connectivity index (χ3v) is 6.05. The summed E-state index contributed by atoms with van der Waals surface area (Å²) in [5.41, 5.74) is 1.37. The fourth-order valence-electron chi connectivity index (χ4n) is 4.29. The molecule has 1 amide bonds. The van der Waals surface area contributed by atoms with Crippen molar-refractivity contribution in [3.63, 3.8) is 0 Å². The molecule has 5 rings (SSSR count). The molecule has 7 nitrogen and oxygen atoms in total. The molecule has 1 atom stereocenters. The van der Waals surface area contributed by atoms with Crippen molar-refractivity contribution >= 4 is 27.6 Å². The van der Waals surface area contributed by atoms with E-state index in [2.05, 4.69) is 10.3 Å². The average molecular weight is 489 g/mol. The van der Waals surface area contributed by atoms with Crippen molar-refractivity contribution in [2.24, 2.45) is 0 Å². The summed E-state index contributed by atoms with van der Waals surface area (Å²) in [6.07, 6.45) is 3.83. The third kappa shape index (κ3) is 5.36. The molecule has 36 heavy (non-hydrogen) atoms. The Kier molecular flexibility index (Phi) is 8.23. The number of carbonyl (C=O) groups is 1. The van der Waals surface area contributed by atoms with Crippen molar-refractivity contribution in [1.82, 2.24) is 10.3 Å². The van der Waals surface area contributed by atoms with Crippen LogP contribution in [0.3, 0.4) is 0 Å². The van der Waals surface area contributed by atoms with E-state index in [1.807, 2.05) is 68.4 Å². The van der Waals surface area contributed by atoms with E-state index < -0.39 is 0 Å². The van der Waals surface area contributed by atoms with Crippen molar-refractivity contribution in [2.45, 2.75) is 32.8 Å². The molecule has 1 aliphatic heterocycles. The fourth-order valence-corrected chi connectivity index (χ4v) is 4.29. The smallest absolute Gasteiger partial charge is 0.252 e. The minimum Gasteiger partial charge on any atom is -0.493 e. The average Bonchev–Trinajstić information content (AvgIpc) is 3.45. The molecule has 188 valence electrons. The summed E-state index contributed by atoms with van der Waals surface area (Å²) in [7, 11) is 3.19. The summed E-state index contributed by atoms with van der Waals surface area (Å²) in [6, 6.07) is 16.9. The van der Waals surface area contributed by atoms with Gasteiger partial charge in [0.25, 0.3) is 5.91 Å². The highest BCUT2D eigenvalue weighted by atomic mass is 16.5. The summed E-state index contributed by atoms with van der Waals surface area (Å²) < 4.78 is 22.7. The van der Waals surface area contributed by atoms with Crippen molar-refractivity contribution in [3.8, 4) is 23.0 Å². The molecule has 0 bridgehead atoms. The van der Waals surface area contributed by atoms with Gasteiger partial charge in [-0.15, -0.1) is 0 Å². The highest BCUT2D eigenvalue weighted by Gasteiger charge is 2.18. The Morgan fingerprint density at radius 2 is 1.81 bits per heavy atom. The van der Waals surface area contributed by atoms with Crippen molar-refractivity contribution in [3.05, 3.63) is 66.4 Å². The predicted molar refractivity (Wildman–Crippen MR) is 142 cm³/mol. The molecule has 1 N–H and O–H groups in total. The van der Waals surface area contributed by atoms with E-state index in [-0.39, 0.29) is 12.0 Å². The molecule has 4 aromatic rings. The molecule has 0 spiro atoms. The molecule has 0 unspecified atom stereocenters. The van der Waals surface area contributed by atoms with E-state index >= 15 is 0 Å². The van der Waals surface area contributed by atoms with E-state index in [1.54, 1.807) is 20.4 Å². The van der Waals surface area contributed by atoms with Crippen LogP contribution in [0.5, 0.6) is 23.0 Å². The first-order valence-electron chi connectivity index (χ1n) is 12.3. The number of pyridine rings is 1. The van der Waals surface area contributed by atoms with Crippen LogP contribution in [-0.4, -0.2) is 44.4 Å². The maximum absolute atomic E-state index is 12.8. The van der Waals surface area contributed by atoms with Crippen LogP contribution in [0, 0.1) is 0 Å². The zero-order chi connectivity index (χ0) is 25.5. The third-order valence-electron chi connectivity index (χ3n) is 6.05. The SMILES string of the molecule is CC.COc1cc2nccc(Oc3ccc4c(C(=O)NC[C@H]5CCCO5)cccc4c3)c2cc1OC. The van der Waals surface area contributed by atoms with Crippen LogP contribution < -0.4 is 19.5 Å². The van der Waals surface area contributed by atoms with Gasteiger partial charge in [0.2, 0.25) is 0 Å². The highest BCUT2D eigenvalue weighted by molar-refractivity contribution is 6.07. The lowest BCUT2D eigenvalue weighted by Crippen LogP contribution is -2.31. The van der Waals surface area contributed by atoms with Gasteiger partial charge in [0.15, 0.2) is 11.5 Å². The van der Waals surface area contributed by atoms with Crippen LogP contribution in [-0.2, 0) is 4.74 Å². The molecule has 0 radical (unpaired) electrons. The van der Waals surface area contributed by atoms with Crippen molar-refractivity contribution < 1.29 is 23.7 Å². The summed E-state index contributed by atoms with van der Waals surface area (Å²) in [6.45, 7) is 5.30. The molecule has 0 aliphatic carbocycles. The van der Waals surface area contributed by atoms with Gasteiger partial charge < -0.3 is 24.3 Å². The zero-order valence-electron chi connectivity index (χ0n) is 21.2. The molecule has 3 aromatic carbocycles. The monoisotopic (exact) mass is 488 g/mol. The van der Waals surface area contributed by atoms with Gasteiger partial charge in [-0.05, 0) is 60.0 Å². The van der Waals surface area contributed by atoms with E-state index in [0.29, 0.717) is 35.1 Å². The van der Waals surface area contributed by atoms with Gasteiger partial charge in [-0.1, -0.05) is 26.0 Å². The van der Waals surface area contributed by atoms with Gasteiger partial charge in [0.05, 0.1) is 25.8 Å². The number of methoxy groups -OCH3 is 2. The number of amides is 1. The first-order valence-corrected chi connectivity index (χ1v) is 12.3. The largest absolute Gasteiger partial charge is 0.493 e. The summed E-state index contributed by atoms with van der Waals surface area (Å²) in [4.78, 5) is 17.2. The normalized spacial score (nSPS) is 14.7. The molecule has 2 heterocycles. The number of rotatable bonds is 7. The number of fused-ring (bicyclic) bond motifs is 2. The molecule has 1 saturated heterocycles. The number of aromatic nitrogens is 1. The Balaban J connectivity index is 0.00000148. The van der Waals surface area contributed by atoms with E-state index in [1.165, 1.54) is 0 Å². The van der Waals surface area contributed by atoms with Crippen LogP contribution in [0.2, 0.25) is 0 Å². The van der Waals surface area contributed by atoms with E-state index in [0.717, 1.165) is 41.1 Å². The Morgan fingerprint density at radius 1 is 1.00 bits per heavy atom. The quantitative estimate of drug-likeness (QED) is 0.337. The highest BCUT2D eigenvalue weighted by Crippen LogP contribution is 2.37. The van der Waals surface area contributed by atoms with Gasteiger partial charge in [-0.25, -0.2) is 0 Å². The van der Waals surface area contributed by atoms with E-state index in [9.17, 15) is 4.79 Å². The van der Waals surface area contributed by atoms with Crippen LogP contribution in [0.25, 0.3) is 21.7 Å². The lowest BCUT2D eigenvalue weighted by molar-refractivity contribution is 0.0859. The Labute approximate surface area is 211 Å². The Hall–Kier alpha value is -3.84. The fraction of sp³-hybridized carbons (Fsp3) is 0.310. The number of benzene rings is 3. The predicted octanol–water partition coefficient (Wildman–Crippen LogP) is 6.13. The first kappa shape index (κ1) is 25.3. The number of nitrogens with one attached hydrogen (secondary N) is 1. The molecule has 1 fully saturated rings. The second kappa shape index (κ2) is 11.7. The lowest BCUT2D eigenvalue weighted by Gasteiger charge is -2.14. The second-order valence-corrected chi connectivity index (χ2v) is 8.17. The number of carbonyl (C=O) groups excluding carboxylic acids is 1. The van der Waals surface area contributed by atoms with E-state index in [4.69, 9.17) is 18.9 Å². The maximum Gasteiger partial charge on any atom is 0.252 e. The van der Waals surface area contributed by atoms with Crippen LogP contribution in [0.4, 0.5) is 0 Å². The summed E-state index contributed by atoms with van der Waals surface area (Å²) >= 11 is 0. The first-order chi connectivity index (χ1) is 17.7. The van der Waals surface area contributed by atoms with Gasteiger partial charge in [0.1, 0.15) is 11.5 Å².